The normalized spacial score (nSPS) is 16.2. The van der Waals surface area contributed by atoms with Crippen LogP contribution in [-0.2, 0) is 19.0 Å². The van der Waals surface area contributed by atoms with E-state index in [4.69, 9.17) is 0 Å². The second-order valence-corrected chi connectivity index (χ2v) is 6.76. The van der Waals surface area contributed by atoms with E-state index in [9.17, 15) is 23.1 Å². The highest BCUT2D eigenvalue weighted by atomic mass is 19.4. The number of rotatable bonds is 5. The molecule has 0 spiro atoms. The SMILES string of the molecule is O=C(NCCNc1ccc(C(F)(F)F)cc1)Nc1ccc2c(c1)CC(O)CC2. The number of hydrogen-bond acceptors (Lipinski definition) is 3. The molecule has 150 valence electrons. The summed E-state index contributed by atoms with van der Waals surface area (Å²) >= 11 is 0. The molecule has 0 aliphatic heterocycles. The van der Waals surface area contributed by atoms with Crippen molar-refractivity contribution in [2.24, 2.45) is 0 Å². The molecule has 0 radical (unpaired) electrons. The summed E-state index contributed by atoms with van der Waals surface area (Å²) < 4.78 is 37.6. The number of carbonyl (C=O) groups excluding carboxylic acids is 1. The summed E-state index contributed by atoms with van der Waals surface area (Å²) in [5, 5.41) is 18.1. The van der Waals surface area contributed by atoms with Crippen molar-refractivity contribution < 1.29 is 23.1 Å². The van der Waals surface area contributed by atoms with Gasteiger partial charge in [0.05, 0.1) is 11.7 Å². The third-order valence-electron chi connectivity index (χ3n) is 4.62. The lowest BCUT2D eigenvalue weighted by molar-refractivity contribution is -0.137. The van der Waals surface area contributed by atoms with Crippen LogP contribution in [0.5, 0.6) is 0 Å². The van der Waals surface area contributed by atoms with Gasteiger partial charge in [-0.05, 0) is 66.8 Å². The number of alkyl halides is 3. The Hall–Kier alpha value is -2.74. The molecule has 0 heterocycles. The molecule has 2 aromatic rings. The summed E-state index contributed by atoms with van der Waals surface area (Å²) in [6, 6.07) is 10.0. The second kappa shape index (κ2) is 8.52. The van der Waals surface area contributed by atoms with Crippen LogP contribution in [0.4, 0.5) is 29.3 Å². The number of fused-ring (bicyclic) bond motifs is 1. The molecule has 5 nitrogen and oxygen atoms in total. The summed E-state index contributed by atoms with van der Waals surface area (Å²) in [4.78, 5) is 12.0. The summed E-state index contributed by atoms with van der Waals surface area (Å²) in [7, 11) is 0. The number of anilines is 2. The minimum absolute atomic E-state index is 0.302. The Labute approximate surface area is 161 Å². The highest BCUT2D eigenvalue weighted by Crippen LogP contribution is 2.29. The van der Waals surface area contributed by atoms with Gasteiger partial charge in [-0.1, -0.05) is 6.07 Å². The molecule has 0 aromatic heterocycles. The highest BCUT2D eigenvalue weighted by Gasteiger charge is 2.29. The van der Waals surface area contributed by atoms with Crippen molar-refractivity contribution in [3.63, 3.8) is 0 Å². The Bertz CT molecular complexity index is 822. The predicted molar refractivity (Wildman–Crippen MR) is 101 cm³/mol. The fourth-order valence-electron chi connectivity index (χ4n) is 3.15. The minimum atomic E-state index is -4.35. The van der Waals surface area contributed by atoms with Gasteiger partial charge in [-0.25, -0.2) is 4.79 Å². The number of halogens is 3. The molecule has 0 saturated carbocycles. The van der Waals surface area contributed by atoms with Gasteiger partial charge in [0.1, 0.15) is 0 Å². The summed E-state index contributed by atoms with van der Waals surface area (Å²) in [5.74, 6) is 0. The molecule has 2 aromatic carbocycles. The van der Waals surface area contributed by atoms with Gasteiger partial charge in [0.15, 0.2) is 0 Å². The van der Waals surface area contributed by atoms with E-state index in [0.29, 0.717) is 30.9 Å². The number of benzene rings is 2. The van der Waals surface area contributed by atoms with Gasteiger partial charge < -0.3 is 21.1 Å². The molecule has 0 saturated heterocycles. The number of carbonyl (C=O) groups is 1. The molecule has 1 unspecified atom stereocenters. The van der Waals surface area contributed by atoms with Crippen LogP contribution in [0.3, 0.4) is 0 Å². The maximum atomic E-state index is 12.5. The molecule has 28 heavy (non-hydrogen) atoms. The zero-order chi connectivity index (χ0) is 20.1. The maximum absolute atomic E-state index is 12.5. The van der Waals surface area contributed by atoms with Crippen LogP contribution in [0, 0.1) is 0 Å². The van der Waals surface area contributed by atoms with Crippen LogP contribution >= 0.6 is 0 Å². The van der Waals surface area contributed by atoms with Gasteiger partial charge in [0, 0.05) is 24.5 Å². The summed E-state index contributed by atoms with van der Waals surface area (Å²) in [5.41, 5.74) is 2.73. The Morgan fingerprint density at radius 2 is 1.75 bits per heavy atom. The van der Waals surface area contributed by atoms with Gasteiger partial charge in [-0.3, -0.25) is 0 Å². The lowest BCUT2D eigenvalue weighted by Gasteiger charge is -2.21. The van der Waals surface area contributed by atoms with E-state index in [2.05, 4.69) is 16.0 Å². The van der Waals surface area contributed by atoms with Crippen molar-refractivity contribution in [3.05, 3.63) is 59.2 Å². The Kier molecular flexibility index (Phi) is 6.08. The number of amides is 2. The number of aryl methyl sites for hydroxylation is 1. The van der Waals surface area contributed by atoms with Crippen LogP contribution in [0.15, 0.2) is 42.5 Å². The standard InChI is InChI=1S/C20H22F3N3O2/c21-20(22,23)15-3-6-16(7-4-15)24-9-10-25-19(28)26-17-5-1-13-2-8-18(27)12-14(13)11-17/h1,3-7,11,18,24,27H,2,8-10,12H2,(H2,25,26,28). The molecule has 1 atom stereocenters. The van der Waals surface area contributed by atoms with E-state index >= 15 is 0 Å². The van der Waals surface area contributed by atoms with Gasteiger partial charge >= 0.3 is 12.2 Å². The Morgan fingerprint density at radius 1 is 1.04 bits per heavy atom. The summed E-state index contributed by atoms with van der Waals surface area (Å²) in [6.07, 6.45) is -2.52. The van der Waals surface area contributed by atoms with Crippen molar-refractivity contribution >= 4 is 17.4 Å². The first-order valence-electron chi connectivity index (χ1n) is 9.07. The third kappa shape index (κ3) is 5.39. The Morgan fingerprint density at radius 3 is 2.46 bits per heavy atom. The molecule has 2 amide bonds. The van der Waals surface area contributed by atoms with Gasteiger partial charge in [0.2, 0.25) is 0 Å². The highest BCUT2D eigenvalue weighted by molar-refractivity contribution is 5.89. The van der Waals surface area contributed by atoms with Crippen LogP contribution in [0.25, 0.3) is 0 Å². The first kappa shape index (κ1) is 20.0. The molecule has 0 fully saturated rings. The van der Waals surface area contributed by atoms with Crippen molar-refractivity contribution in [1.29, 1.82) is 0 Å². The van der Waals surface area contributed by atoms with Crippen molar-refractivity contribution in [2.45, 2.75) is 31.5 Å². The lowest BCUT2D eigenvalue weighted by Crippen LogP contribution is -2.32. The zero-order valence-corrected chi connectivity index (χ0v) is 15.1. The monoisotopic (exact) mass is 393 g/mol. The fraction of sp³-hybridized carbons (Fsp3) is 0.350. The summed E-state index contributed by atoms with van der Waals surface area (Å²) in [6.45, 7) is 0.672. The molecule has 1 aliphatic rings. The number of hydrogen-bond donors (Lipinski definition) is 4. The topological polar surface area (TPSA) is 73.4 Å². The first-order valence-corrected chi connectivity index (χ1v) is 9.07. The molecule has 8 heteroatoms. The quantitative estimate of drug-likeness (QED) is 0.584. The van der Waals surface area contributed by atoms with Crippen molar-refractivity contribution in [3.8, 4) is 0 Å². The predicted octanol–water partition coefficient (Wildman–Crippen LogP) is 3.79. The smallest absolute Gasteiger partial charge is 0.393 e. The van der Waals surface area contributed by atoms with E-state index < -0.39 is 11.7 Å². The van der Waals surface area contributed by atoms with Crippen LogP contribution < -0.4 is 16.0 Å². The fourth-order valence-corrected chi connectivity index (χ4v) is 3.15. The van der Waals surface area contributed by atoms with Crippen LogP contribution in [0.2, 0.25) is 0 Å². The number of urea groups is 1. The average Bonchev–Trinajstić information content (AvgIpc) is 2.64. The molecule has 3 rings (SSSR count). The van der Waals surface area contributed by atoms with E-state index in [1.807, 2.05) is 18.2 Å². The van der Waals surface area contributed by atoms with E-state index in [0.717, 1.165) is 30.5 Å². The number of aliphatic hydroxyl groups excluding tert-OH is 1. The second-order valence-electron chi connectivity index (χ2n) is 6.76. The molecular formula is C20H22F3N3O2. The van der Waals surface area contributed by atoms with E-state index in [-0.39, 0.29) is 12.1 Å². The van der Waals surface area contributed by atoms with E-state index in [1.54, 1.807) is 0 Å². The third-order valence-corrected chi connectivity index (χ3v) is 4.62. The Balaban J connectivity index is 1.42. The van der Waals surface area contributed by atoms with Gasteiger partial charge in [-0.2, -0.15) is 13.2 Å². The number of aliphatic hydroxyl groups is 1. The zero-order valence-electron chi connectivity index (χ0n) is 15.1. The van der Waals surface area contributed by atoms with E-state index in [1.165, 1.54) is 17.7 Å². The van der Waals surface area contributed by atoms with Gasteiger partial charge in [-0.15, -0.1) is 0 Å². The van der Waals surface area contributed by atoms with Crippen molar-refractivity contribution in [1.82, 2.24) is 5.32 Å². The molecule has 4 N–H and O–H groups in total. The van der Waals surface area contributed by atoms with Gasteiger partial charge in [0.25, 0.3) is 0 Å². The first-order chi connectivity index (χ1) is 13.3. The lowest BCUT2D eigenvalue weighted by atomic mass is 9.89. The molecule has 0 bridgehead atoms. The maximum Gasteiger partial charge on any atom is 0.416 e. The molecular weight excluding hydrogens is 371 g/mol. The van der Waals surface area contributed by atoms with Crippen LogP contribution in [-0.4, -0.2) is 30.3 Å². The van der Waals surface area contributed by atoms with Crippen LogP contribution in [0.1, 0.15) is 23.1 Å². The van der Waals surface area contributed by atoms with Crippen molar-refractivity contribution in [2.75, 3.05) is 23.7 Å². The molecule has 1 aliphatic carbocycles. The largest absolute Gasteiger partial charge is 0.416 e. The average molecular weight is 393 g/mol. The number of nitrogens with one attached hydrogen (secondary N) is 3. The minimum Gasteiger partial charge on any atom is -0.393 e.